The molecule has 86 valence electrons. The standard InChI is InChI=1S/C12H9IN2O2/c1-16-11-5-8(3-9(6-14)7-15)4-10(13)12(11)17-2/h3-5H,1-2H3. The maximum absolute atomic E-state index is 8.69. The molecular weight excluding hydrogens is 331 g/mol. The predicted molar refractivity (Wildman–Crippen MR) is 71.5 cm³/mol. The highest BCUT2D eigenvalue weighted by Crippen LogP contribution is 2.34. The van der Waals surface area contributed by atoms with Gasteiger partial charge in [0, 0.05) is 0 Å². The van der Waals surface area contributed by atoms with Crippen LogP contribution in [0.2, 0.25) is 0 Å². The van der Waals surface area contributed by atoms with Crippen LogP contribution in [0.1, 0.15) is 5.56 Å². The van der Waals surface area contributed by atoms with E-state index in [0.717, 1.165) is 9.13 Å². The summed E-state index contributed by atoms with van der Waals surface area (Å²) < 4.78 is 11.2. The lowest BCUT2D eigenvalue weighted by Crippen LogP contribution is -1.94. The van der Waals surface area contributed by atoms with E-state index in [-0.39, 0.29) is 5.57 Å². The Labute approximate surface area is 113 Å². The van der Waals surface area contributed by atoms with Crippen molar-refractivity contribution < 1.29 is 9.47 Å². The Bertz CT molecular complexity index is 523. The minimum atomic E-state index is 0.0491. The summed E-state index contributed by atoms with van der Waals surface area (Å²) in [4.78, 5) is 0. The Balaban J connectivity index is 3.32. The van der Waals surface area contributed by atoms with Gasteiger partial charge in [-0.05, 0) is 46.4 Å². The highest BCUT2D eigenvalue weighted by atomic mass is 127. The van der Waals surface area contributed by atoms with Crippen LogP contribution in [0.25, 0.3) is 6.08 Å². The molecule has 0 saturated carbocycles. The van der Waals surface area contributed by atoms with Crippen LogP contribution in [-0.4, -0.2) is 14.2 Å². The van der Waals surface area contributed by atoms with Gasteiger partial charge in [-0.2, -0.15) is 10.5 Å². The van der Waals surface area contributed by atoms with Crippen LogP contribution >= 0.6 is 22.6 Å². The fraction of sp³-hybridized carbons (Fsp3) is 0.167. The minimum Gasteiger partial charge on any atom is -0.493 e. The molecule has 0 spiro atoms. The second kappa shape index (κ2) is 6.12. The van der Waals surface area contributed by atoms with E-state index in [9.17, 15) is 0 Å². The maximum Gasteiger partial charge on any atom is 0.174 e. The van der Waals surface area contributed by atoms with Crippen molar-refractivity contribution in [3.05, 3.63) is 26.8 Å². The quantitative estimate of drug-likeness (QED) is 0.627. The fourth-order valence-corrected chi connectivity index (χ4v) is 2.12. The van der Waals surface area contributed by atoms with E-state index in [1.807, 2.05) is 18.2 Å². The highest BCUT2D eigenvalue weighted by Gasteiger charge is 2.09. The zero-order valence-electron chi connectivity index (χ0n) is 9.32. The zero-order valence-corrected chi connectivity index (χ0v) is 11.5. The number of methoxy groups -OCH3 is 2. The van der Waals surface area contributed by atoms with Crippen molar-refractivity contribution in [1.82, 2.24) is 0 Å². The number of hydrogen-bond acceptors (Lipinski definition) is 4. The molecule has 0 saturated heterocycles. The van der Waals surface area contributed by atoms with Crippen molar-refractivity contribution >= 4 is 28.7 Å². The monoisotopic (exact) mass is 340 g/mol. The van der Waals surface area contributed by atoms with E-state index >= 15 is 0 Å². The number of halogens is 1. The number of allylic oxidation sites excluding steroid dienone is 1. The number of nitriles is 2. The molecule has 0 bridgehead atoms. The Morgan fingerprint density at radius 2 is 1.88 bits per heavy atom. The number of hydrogen-bond donors (Lipinski definition) is 0. The smallest absolute Gasteiger partial charge is 0.174 e. The molecule has 0 aliphatic heterocycles. The molecule has 0 atom stereocenters. The summed E-state index contributed by atoms with van der Waals surface area (Å²) in [5.74, 6) is 1.21. The van der Waals surface area contributed by atoms with Crippen molar-refractivity contribution in [2.24, 2.45) is 0 Å². The molecular formula is C12H9IN2O2. The molecule has 5 heteroatoms. The average molecular weight is 340 g/mol. The lowest BCUT2D eigenvalue weighted by Gasteiger charge is -2.10. The number of nitrogens with zero attached hydrogens (tertiary/aromatic N) is 2. The van der Waals surface area contributed by atoms with E-state index in [4.69, 9.17) is 20.0 Å². The third-order valence-electron chi connectivity index (χ3n) is 2.01. The fourth-order valence-electron chi connectivity index (χ4n) is 1.28. The summed E-state index contributed by atoms with van der Waals surface area (Å²) in [5, 5.41) is 17.4. The molecule has 1 aromatic rings. The first-order valence-electron chi connectivity index (χ1n) is 4.59. The highest BCUT2D eigenvalue weighted by molar-refractivity contribution is 14.1. The second-order valence-electron chi connectivity index (χ2n) is 3.02. The topological polar surface area (TPSA) is 66.0 Å². The van der Waals surface area contributed by atoms with Crippen LogP contribution in [0.5, 0.6) is 11.5 Å². The van der Waals surface area contributed by atoms with E-state index in [1.54, 1.807) is 13.2 Å². The van der Waals surface area contributed by atoms with Crippen LogP contribution in [0, 0.1) is 26.2 Å². The van der Waals surface area contributed by atoms with Crippen molar-refractivity contribution in [1.29, 1.82) is 10.5 Å². The summed E-state index contributed by atoms with van der Waals surface area (Å²) >= 11 is 2.11. The normalized spacial score (nSPS) is 8.76. The Hall–Kier alpha value is -1.73. The molecule has 0 fully saturated rings. The molecule has 0 radical (unpaired) electrons. The average Bonchev–Trinajstić information content (AvgIpc) is 2.35. The van der Waals surface area contributed by atoms with Gasteiger partial charge in [-0.25, -0.2) is 0 Å². The van der Waals surface area contributed by atoms with E-state index in [2.05, 4.69) is 22.6 Å². The van der Waals surface area contributed by atoms with Crippen molar-refractivity contribution in [2.45, 2.75) is 0 Å². The predicted octanol–water partition coefficient (Wildman–Crippen LogP) is 2.74. The van der Waals surface area contributed by atoms with Crippen LogP contribution in [0.3, 0.4) is 0 Å². The summed E-state index contributed by atoms with van der Waals surface area (Å²) in [5.41, 5.74) is 0.776. The third kappa shape index (κ3) is 3.11. The minimum absolute atomic E-state index is 0.0491. The lowest BCUT2D eigenvalue weighted by molar-refractivity contribution is 0.353. The summed E-state index contributed by atoms with van der Waals surface area (Å²) in [6, 6.07) is 7.16. The molecule has 0 heterocycles. The third-order valence-corrected chi connectivity index (χ3v) is 2.81. The zero-order chi connectivity index (χ0) is 12.8. The van der Waals surface area contributed by atoms with Gasteiger partial charge in [0.05, 0.1) is 17.8 Å². The summed E-state index contributed by atoms with van der Waals surface area (Å²) in [6.07, 6.45) is 1.50. The molecule has 0 N–H and O–H groups in total. The number of ether oxygens (including phenoxy) is 2. The molecule has 1 aromatic carbocycles. The van der Waals surface area contributed by atoms with Crippen LogP contribution in [0.15, 0.2) is 17.7 Å². The van der Waals surface area contributed by atoms with Crippen molar-refractivity contribution in [2.75, 3.05) is 14.2 Å². The van der Waals surface area contributed by atoms with E-state index in [0.29, 0.717) is 11.5 Å². The summed E-state index contributed by atoms with van der Waals surface area (Å²) in [6.45, 7) is 0. The van der Waals surface area contributed by atoms with Gasteiger partial charge in [-0.3, -0.25) is 0 Å². The van der Waals surface area contributed by atoms with E-state index < -0.39 is 0 Å². The molecule has 0 aliphatic rings. The SMILES string of the molecule is COc1cc(C=C(C#N)C#N)cc(I)c1OC. The summed E-state index contributed by atoms with van der Waals surface area (Å²) in [7, 11) is 3.10. The van der Waals surface area contributed by atoms with Gasteiger partial charge >= 0.3 is 0 Å². The molecule has 0 aromatic heterocycles. The van der Waals surface area contributed by atoms with E-state index in [1.165, 1.54) is 13.2 Å². The van der Waals surface area contributed by atoms with Gasteiger partial charge in [0.15, 0.2) is 11.5 Å². The van der Waals surface area contributed by atoms with Crippen molar-refractivity contribution in [3.8, 4) is 23.6 Å². The molecule has 1 rings (SSSR count). The molecule has 0 unspecified atom stereocenters. The molecule has 4 nitrogen and oxygen atoms in total. The van der Waals surface area contributed by atoms with Gasteiger partial charge in [0.2, 0.25) is 0 Å². The first kappa shape index (κ1) is 13.3. The lowest BCUT2D eigenvalue weighted by atomic mass is 10.1. The Kier molecular flexibility index (Phi) is 4.80. The van der Waals surface area contributed by atoms with Crippen molar-refractivity contribution in [3.63, 3.8) is 0 Å². The van der Waals surface area contributed by atoms with Crippen LogP contribution in [-0.2, 0) is 0 Å². The van der Waals surface area contributed by atoms with Gasteiger partial charge in [0.25, 0.3) is 0 Å². The van der Waals surface area contributed by atoms with Gasteiger partial charge in [0.1, 0.15) is 17.7 Å². The largest absolute Gasteiger partial charge is 0.493 e. The second-order valence-corrected chi connectivity index (χ2v) is 4.18. The van der Waals surface area contributed by atoms with Gasteiger partial charge in [-0.1, -0.05) is 0 Å². The molecule has 17 heavy (non-hydrogen) atoms. The van der Waals surface area contributed by atoms with Gasteiger partial charge in [-0.15, -0.1) is 0 Å². The van der Waals surface area contributed by atoms with Crippen LogP contribution < -0.4 is 9.47 Å². The Morgan fingerprint density at radius 1 is 1.24 bits per heavy atom. The van der Waals surface area contributed by atoms with Crippen LogP contribution in [0.4, 0.5) is 0 Å². The molecule has 0 aliphatic carbocycles. The Morgan fingerprint density at radius 3 is 2.35 bits per heavy atom. The van der Waals surface area contributed by atoms with Gasteiger partial charge < -0.3 is 9.47 Å². The number of benzene rings is 1. The number of rotatable bonds is 3. The maximum atomic E-state index is 8.69. The first-order valence-corrected chi connectivity index (χ1v) is 5.67. The first-order chi connectivity index (χ1) is 8.15. The molecule has 0 amide bonds.